The van der Waals surface area contributed by atoms with Crippen molar-refractivity contribution in [2.45, 2.75) is 32.2 Å². The van der Waals surface area contributed by atoms with E-state index in [0.717, 1.165) is 29.9 Å². The Hall–Kier alpha value is -1.27. The Bertz CT molecular complexity index is 686. The molecule has 0 unspecified atom stereocenters. The molecule has 120 valence electrons. The maximum atomic E-state index is 8.23. The topological polar surface area (TPSA) is 47.2 Å². The summed E-state index contributed by atoms with van der Waals surface area (Å²) in [4.78, 5) is 2.03. The number of fused-ring (bicyclic) bond motifs is 1. The van der Waals surface area contributed by atoms with Crippen LogP contribution in [0.1, 0.15) is 29.0 Å². The molecular weight excluding hydrogens is 364 g/mol. The second kappa shape index (κ2) is 7.33. The van der Waals surface area contributed by atoms with E-state index in [4.69, 9.17) is 14.9 Å². The van der Waals surface area contributed by atoms with Crippen molar-refractivity contribution in [3.63, 3.8) is 0 Å². The second-order valence-electron chi connectivity index (χ2n) is 5.29. The third kappa shape index (κ3) is 3.38. The number of rotatable bonds is 4. The van der Waals surface area contributed by atoms with Crippen LogP contribution < -0.4 is 14.3 Å². The van der Waals surface area contributed by atoms with E-state index in [2.05, 4.69) is 4.57 Å². The van der Waals surface area contributed by atoms with Crippen molar-refractivity contribution in [2.24, 2.45) is 0 Å². The molecular formula is C16H21BrN2O2S. The van der Waals surface area contributed by atoms with Gasteiger partial charge in [0.1, 0.15) is 11.5 Å². The van der Waals surface area contributed by atoms with Crippen LogP contribution in [0.25, 0.3) is 0 Å². The van der Waals surface area contributed by atoms with E-state index in [1.807, 2.05) is 18.2 Å². The van der Waals surface area contributed by atoms with Gasteiger partial charge in [0.25, 0.3) is 0 Å². The number of nitrogens with one attached hydrogen (secondary N) is 1. The summed E-state index contributed by atoms with van der Waals surface area (Å²) in [7, 11) is 3.32. The number of hydrogen-bond donors (Lipinski definition) is 1. The Kier molecular flexibility index (Phi) is 5.69. The van der Waals surface area contributed by atoms with Crippen LogP contribution in [0.15, 0.2) is 18.2 Å². The van der Waals surface area contributed by atoms with E-state index < -0.39 is 0 Å². The number of methoxy groups -OCH3 is 2. The van der Waals surface area contributed by atoms with Gasteiger partial charge in [-0.25, -0.2) is 0 Å². The molecule has 1 aromatic carbocycles. The molecule has 3 rings (SSSR count). The number of aryl methyl sites for hydroxylation is 1. The summed E-state index contributed by atoms with van der Waals surface area (Å²) in [5.41, 5.74) is 2.45. The molecule has 1 aliphatic carbocycles. The van der Waals surface area contributed by atoms with Crippen LogP contribution >= 0.6 is 28.3 Å². The quantitative estimate of drug-likeness (QED) is 0.875. The van der Waals surface area contributed by atoms with E-state index in [0.29, 0.717) is 11.3 Å². The summed E-state index contributed by atoms with van der Waals surface area (Å²) in [6, 6.07) is 5.91. The fraction of sp³-hybridized carbons (Fsp3) is 0.438. The van der Waals surface area contributed by atoms with Crippen molar-refractivity contribution in [1.82, 2.24) is 4.57 Å². The Morgan fingerprint density at radius 1 is 1.09 bits per heavy atom. The number of hydrogen-bond acceptors (Lipinski definition) is 4. The zero-order valence-corrected chi connectivity index (χ0v) is 15.4. The highest BCUT2D eigenvalue weighted by Crippen LogP contribution is 2.26. The number of nitrogens with zero attached hydrogens (tertiary/aromatic N) is 1. The molecule has 0 fully saturated rings. The summed E-state index contributed by atoms with van der Waals surface area (Å²) in [5.74, 6) is 1.58. The van der Waals surface area contributed by atoms with Gasteiger partial charge in [-0.1, -0.05) is 0 Å². The van der Waals surface area contributed by atoms with Crippen LogP contribution in [0.4, 0.5) is 0 Å². The second-order valence-corrected chi connectivity index (χ2v) is 6.37. The first-order valence-corrected chi connectivity index (χ1v) is 8.01. The third-order valence-corrected chi connectivity index (χ3v) is 5.03. The number of benzene rings is 1. The monoisotopic (exact) mass is 384 g/mol. The number of aromatic nitrogens is 1. The van der Waals surface area contributed by atoms with Gasteiger partial charge in [0, 0.05) is 16.6 Å². The molecule has 0 saturated carbocycles. The maximum Gasteiger partial charge on any atom is 0.182 e. The van der Waals surface area contributed by atoms with Crippen molar-refractivity contribution in [2.75, 3.05) is 14.2 Å². The summed E-state index contributed by atoms with van der Waals surface area (Å²) in [6.45, 7) is 0.707. The molecule has 1 aliphatic rings. The van der Waals surface area contributed by atoms with E-state index in [1.54, 1.807) is 25.6 Å². The van der Waals surface area contributed by atoms with Crippen LogP contribution in [0.2, 0.25) is 0 Å². The highest BCUT2D eigenvalue weighted by atomic mass is 79.9. The number of halogens is 1. The zero-order chi connectivity index (χ0) is 14.8. The minimum atomic E-state index is 0. The average Bonchev–Trinajstić information content (AvgIpc) is 2.83. The lowest BCUT2D eigenvalue weighted by atomic mass is 10.0. The highest BCUT2D eigenvalue weighted by molar-refractivity contribution is 8.93. The summed E-state index contributed by atoms with van der Waals surface area (Å²) in [5, 5.41) is 8.23. The summed E-state index contributed by atoms with van der Waals surface area (Å²) >= 11 is 1.62. The molecule has 22 heavy (non-hydrogen) atoms. The van der Waals surface area contributed by atoms with Crippen molar-refractivity contribution in [3.8, 4) is 11.5 Å². The van der Waals surface area contributed by atoms with E-state index in [-0.39, 0.29) is 17.0 Å². The molecule has 0 bridgehead atoms. The van der Waals surface area contributed by atoms with Crippen molar-refractivity contribution in [3.05, 3.63) is 39.1 Å². The van der Waals surface area contributed by atoms with Gasteiger partial charge in [0.05, 0.1) is 20.8 Å². The Balaban J connectivity index is 0.00000176. The molecule has 0 atom stereocenters. The number of thiazole rings is 1. The van der Waals surface area contributed by atoms with E-state index >= 15 is 0 Å². The zero-order valence-electron chi connectivity index (χ0n) is 12.8. The first-order valence-electron chi connectivity index (χ1n) is 7.19. The van der Waals surface area contributed by atoms with Crippen LogP contribution in [-0.2, 0) is 19.4 Å². The number of ether oxygens (including phenoxy) is 2. The standard InChI is InChI=1S/C16H20N2O2S.BrH/c1-19-12-7-11(8-13(9-12)20-2)10-18-14-5-3-4-6-15(14)21-16(18)17;/h7-9,17H,3-6,10H2,1-2H3;1H. The van der Waals surface area contributed by atoms with Gasteiger partial charge in [-0.2, -0.15) is 0 Å². The van der Waals surface area contributed by atoms with Crippen LogP contribution in [0.3, 0.4) is 0 Å². The third-order valence-electron chi connectivity index (χ3n) is 3.93. The Labute approximate surface area is 145 Å². The fourth-order valence-electron chi connectivity index (χ4n) is 2.86. The smallest absolute Gasteiger partial charge is 0.182 e. The van der Waals surface area contributed by atoms with Crippen LogP contribution in [-0.4, -0.2) is 18.8 Å². The molecule has 1 aromatic heterocycles. The lowest BCUT2D eigenvalue weighted by Crippen LogP contribution is -2.18. The first kappa shape index (κ1) is 17.1. The molecule has 0 aliphatic heterocycles. The van der Waals surface area contributed by atoms with Crippen molar-refractivity contribution >= 4 is 28.3 Å². The van der Waals surface area contributed by atoms with Crippen molar-refractivity contribution < 1.29 is 9.47 Å². The van der Waals surface area contributed by atoms with Gasteiger partial charge in [-0.05, 0) is 43.4 Å². The van der Waals surface area contributed by atoms with E-state index in [1.165, 1.54) is 23.4 Å². The summed E-state index contributed by atoms with van der Waals surface area (Å²) in [6.07, 6.45) is 4.69. The molecule has 0 amide bonds. The predicted octanol–water partition coefficient (Wildman–Crippen LogP) is 3.55. The Morgan fingerprint density at radius 3 is 2.36 bits per heavy atom. The molecule has 6 heteroatoms. The normalized spacial score (nSPS) is 13.2. The largest absolute Gasteiger partial charge is 0.497 e. The van der Waals surface area contributed by atoms with Gasteiger partial charge < -0.3 is 14.0 Å². The first-order chi connectivity index (χ1) is 10.2. The van der Waals surface area contributed by atoms with Crippen LogP contribution in [0.5, 0.6) is 11.5 Å². The van der Waals surface area contributed by atoms with Gasteiger partial charge in [-0.15, -0.1) is 28.3 Å². The fourth-order valence-corrected chi connectivity index (χ4v) is 3.95. The molecule has 4 nitrogen and oxygen atoms in total. The lowest BCUT2D eigenvalue weighted by Gasteiger charge is -2.15. The highest BCUT2D eigenvalue weighted by Gasteiger charge is 2.17. The molecule has 0 saturated heterocycles. The van der Waals surface area contributed by atoms with Crippen molar-refractivity contribution in [1.29, 1.82) is 5.41 Å². The van der Waals surface area contributed by atoms with Crippen LogP contribution in [0, 0.1) is 5.41 Å². The SMILES string of the molecule is Br.COc1cc(Cn2c3c(sc2=N)CCCC3)cc(OC)c1. The van der Waals surface area contributed by atoms with Gasteiger partial charge in [0.15, 0.2) is 4.80 Å². The Morgan fingerprint density at radius 2 is 1.73 bits per heavy atom. The molecule has 1 N–H and O–H groups in total. The minimum Gasteiger partial charge on any atom is -0.497 e. The minimum absolute atomic E-state index is 0. The van der Waals surface area contributed by atoms with E-state index in [9.17, 15) is 0 Å². The van der Waals surface area contributed by atoms with Gasteiger partial charge in [0.2, 0.25) is 0 Å². The van der Waals surface area contributed by atoms with Gasteiger partial charge >= 0.3 is 0 Å². The summed E-state index contributed by atoms with van der Waals surface area (Å²) < 4.78 is 12.8. The average molecular weight is 385 g/mol. The lowest BCUT2D eigenvalue weighted by molar-refractivity contribution is 0.393. The maximum absolute atomic E-state index is 8.23. The molecule has 0 radical (unpaired) electrons. The molecule has 0 spiro atoms. The molecule has 1 heterocycles. The van der Waals surface area contributed by atoms with Gasteiger partial charge in [-0.3, -0.25) is 5.41 Å². The predicted molar refractivity (Wildman–Crippen MR) is 93.8 cm³/mol. The molecule has 2 aromatic rings.